The molecule has 8 rings (SSSR count). The van der Waals surface area contributed by atoms with Crippen LogP contribution >= 0.6 is 47.1 Å². The number of aromatic nitrogens is 4. The Morgan fingerprint density at radius 1 is 0.500 bits per heavy atom. The topological polar surface area (TPSA) is 74.9 Å². The number of nitrogens with zero attached hydrogens (tertiary/aromatic N) is 8. The molecule has 4 aromatic heterocycles. The quantitative estimate of drug-likeness (QED) is 0.132. The van der Waals surface area contributed by atoms with E-state index in [4.69, 9.17) is 33.3 Å². The molecule has 0 atom stereocenters. The van der Waals surface area contributed by atoms with Crippen LogP contribution in [0.4, 0.5) is 0 Å². The number of hydrogen-bond acceptors (Lipinski definition) is 12. The highest BCUT2D eigenvalue weighted by molar-refractivity contribution is 7.71. The average Bonchev–Trinajstić information content (AvgIpc) is 3.98. The van der Waals surface area contributed by atoms with Crippen molar-refractivity contribution in [2.45, 2.75) is 26.4 Å². The van der Waals surface area contributed by atoms with Crippen LogP contribution in [-0.2, 0) is 26.4 Å². The second-order valence-electron chi connectivity index (χ2n) is 12.3. The Bertz CT molecular complexity index is 1840. The van der Waals surface area contributed by atoms with Gasteiger partial charge in [0.15, 0.2) is 0 Å². The summed E-state index contributed by atoms with van der Waals surface area (Å²) in [6, 6.07) is 29.3. The smallest absolute Gasteiger partial charge is 0.288 e. The van der Waals surface area contributed by atoms with E-state index in [9.17, 15) is 0 Å². The molecule has 2 aromatic carbocycles. The van der Waals surface area contributed by atoms with Gasteiger partial charge in [0, 0.05) is 65.4 Å². The minimum atomic E-state index is 0.440. The van der Waals surface area contributed by atoms with Crippen LogP contribution < -0.4 is 0 Å². The maximum atomic E-state index is 5.64. The van der Waals surface area contributed by atoms with Crippen molar-refractivity contribution in [2.24, 2.45) is 0 Å². The molecule has 6 heterocycles. The summed E-state index contributed by atoms with van der Waals surface area (Å²) in [6.45, 7) is 11.7. The minimum Gasteiger partial charge on any atom is -0.408 e. The molecule has 50 heavy (non-hydrogen) atoms. The van der Waals surface area contributed by atoms with Gasteiger partial charge in [0.05, 0.1) is 23.1 Å². The molecule has 0 radical (unpaired) electrons. The number of hydrogen-bond donors (Lipinski definition) is 0. The van der Waals surface area contributed by atoms with Gasteiger partial charge in [-0.3, -0.25) is 19.6 Å². The van der Waals surface area contributed by atoms with E-state index in [1.165, 1.54) is 11.1 Å². The largest absolute Gasteiger partial charge is 0.408 e. The summed E-state index contributed by atoms with van der Waals surface area (Å²) in [5.41, 5.74) is 2.74. The third-order valence-electron chi connectivity index (χ3n) is 8.77. The van der Waals surface area contributed by atoms with Crippen molar-refractivity contribution in [3.63, 3.8) is 0 Å². The Hall–Kier alpha value is -3.60. The van der Waals surface area contributed by atoms with Gasteiger partial charge >= 0.3 is 0 Å². The predicted octanol–water partition coefficient (Wildman–Crippen LogP) is 7.42. The van der Waals surface area contributed by atoms with E-state index in [1.54, 1.807) is 32.0 Å². The highest BCUT2D eigenvalue weighted by atomic mass is 32.1. The van der Waals surface area contributed by atoms with Crippen LogP contribution in [0, 0.1) is 9.67 Å². The lowest BCUT2D eigenvalue weighted by molar-refractivity contribution is 0.0974. The van der Waals surface area contributed by atoms with Crippen molar-refractivity contribution < 1.29 is 8.83 Å². The number of benzene rings is 2. The molecular weight excluding hydrogens is 705 g/mol. The maximum Gasteiger partial charge on any atom is 0.288 e. The molecule has 0 unspecified atom stereocenters. The molecule has 2 saturated heterocycles. The van der Waals surface area contributed by atoms with Crippen LogP contribution in [-0.4, -0.2) is 91.5 Å². The molecule has 2 aliphatic heterocycles. The fourth-order valence-corrected chi connectivity index (χ4v) is 7.67. The summed E-state index contributed by atoms with van der Waals surface area (Å²) >= 11 is 13.9. The lowest BCUT2D eigenvalue weighted by atomic mass is 10.2. The highest BCUT2D eigenvalue weighted by Crippen LogP contribution is 2.24. The van der Waals surface area contributed by atoms with Gasteiger partial charge in [-0.15, -0.1) is 32.9 Å². The van der Waals surface area contributed by atoms with Crippen molar-refractivity contribution in [1.29, 1.82) is 0 Å². The second kappa shape index (κ2) is 17.1. The van der Waals surface area contributed by atoms with Crippen LogP contribution in [0.5, 0.6) is 0 Å². The summed E-state index contributed by atoms with van der Waals surface area (Å²) in [4.78, 5) is 12.6. The van der Waals surface area contributed by atoms with Crippen LogP contribution in [0.3, 0.4) is 0 Å². The Labute approximate surface area is 310 Å². The fourth-order valence-electron chi connectivity index (χ4n) is 6.03. The number of thiophene rings is 2. The Kier molecular flexibility index (Phi) is 11.9. The molecule has 2 aliphatic rings. The molecule has 0 N–H and O–H groups in total. The Balaban J connectivity index is 0.000000157. The van der Waals surface area contributed by atoms with Crippen LogP contribution in [0.1, 0.15) is 11.1 Å². The van der Waals surface area contributed by atoms with E-state index < -0.39 is 0 Å². The molecule has 0 spiro atoms. The minimum absolute atomic E-state index is 0.440. The van der Waals surface area contributed by atoms with Crippen molar-refractivity contribution >= 4 is 47.1 Å². The van der Waals surface area contributed by atoms with Gasteiger partial charge in [0.25, 0.3) is 21.5 Å². The molecule has 260 valence electrons. The summed E-state index contributed by atoms with van der Waals surface area (Å²) < 4.78 is 14.9. The van der Waals surface area contributed by atoms with E-state index >= 15 is 0 Å². The summed E-state index contributed by atoms with van der Waals surface area (Å²) in [5.74, 6) is 1.23. The Morgan fingerprint density at radius 2 is 0.880 bits per heavy atom. The number of rotatable bonds is 10. The third-order valence-corrected chi connectivity index (χ3v) is 11.1. The zero-order chi connectivity index (χ0) is 34.1. The van der Waals surface area contributed by atoms with Crippen LogP contribution in [0.15, 0.2) is 105 Å². The molecule has 0 amide bonds. The summed E-state index contributed by atoms with van der Waals surface area (Å²) in [6.07, 6.45) is 0. The SMILES string of the molecule is S=c1oc(-c2cccs2)nn1CN1CCN(Cc2ccccc2)CC1.S=c1oc(-c2cccs2)nn1CN1CCN(Cc2ccccc2)CC1. The van der Waals surface area contributed by atoms with Crippen LogP contribution in [0.2, 0.25) is 0 Å². The van der Waals surface area contributed by atoms with Crippen molar-refractivity contribution in [1.82, 2.24) is 39.2 Å². The van der Waals surface area contributed by atoms with E-state index in [1.807, 2.05) is 35.0 Å². The predicted molar refractivity (Wildman–Crippen MR) is 204 cm³/mol. The maximum absolute atomic E-state index is 5.64. The first-order valence-electron chi connectivity index (χ1n) is 16.8. The van der Waals surface area contributed by atoms with Gasteiger partial charge in [-0.25, -0.2) is 9.36 Å². The van der Waals surface area contributed by atoms with Gasteiger partial charge in [0.2, 0.25) is 0 Å². The van der Waals surface area contributed by atoms with Crippen molar-refractivity contribution in [3.8, 4) is 21.5 Å². The lowest BCUT2D eigenvalue weighted by Gasteiger charge is -2.34. The van der Waals surface area contributed by atoms with Crippen molar-refractivity contribution in [3.05, 3.63) is 116 Å². The first-order chi connectivity index (χ1) is 24.6. The van der Waals surface area contributed by atoms with E-state index in [-0.39, 0.29) is 0 Å². The standard InChI is InChI=1S/2C18H20N4OS2/c2*24-18-22(19-17(23-18)16-7-4-12-25-16)14-21-10-8-20(9-11-21)13-15-5-2-1-3-6-15/h2*1-7,12H,8-11,13-14H2. The monoisotopic (exact) mass is 744 g/mol. The molecule has 0 bridgehead atoms. The van der Waals surface area contributed by atoms with Gasteiger partial charge in [0.1, 0.15) is 0 Å². The molecule has 2 fully saturated rings. The van der Waals surface area contributed by atoms with Gasteiger partial charge < -0.3 is 8.83 Å². The van der Waals surface area contributed by atoms with E-state index in [2.05, 4.69) is 90.5 Å². The molecular formula is C36H40N8O2S4. The summed E-state index contributed by atoms with van der Waals surface area (Å²) in [5, 5.41) is 13.1. The Morgan fingerprint density at radius 3 is 1.24 bits per heavy atom. The summed E-state index contributed by atoms with van der Waals surface area (Å²) in [7, 11) is 0. The molecule has 14 heteroatoms. The molecule has 0 saturated carbocycles. The zero-order valence-corrected chi connectivity index (χ0v) is 31.0. The normalized spacial score (nSPS) is 16.3. The second-order valence-corrected chi connectivity index (χ2v) is 14.9. The van der Waals surface area contributed by atoms with Gasteiger partial charge in [-0.2, -0.15) is 0 Å². The first kappa shape index (κ1) is 34.8. The molecule has 0 aliphatic carbocycles. The molecule has 10 nitrogen and oxygen atoms in total. The average molecular weight is 745 g/mol. The van der Waals surface area contributed by atoms with Gasteiger partial charge in [-0.1, -0.05) is 72.8 Å². The number of piperazine rings is 2. The van der Waals surface area contributed by atoms with Gasteiger partial charge in [-0.05, 0) is 58.5 Å². The van der Waals surface area contributed by atoms with E-state index in [0.29, 0.717) is 34.8 Å². The lowest BCUT2D eigenvalue weighted by Crippen LogP contribution is -2.46. The first-order valence-corrected chi connectivity index (χ1v) is 19.3. The fraction of sp³-hybridized carbons (Fsp3) is 0.333. The zero-order valence-electron chi connectivity index (χ0n) is 27.8. The third kappa shape index (κ3) is 9.38. The van der Waals surface area contributed by atoms with E-state index in [0.717, 1.165) is 75.2 Å². The van der Waals surface area contributed by atoms with Crippen LogP contribution in [0.25, 0.3) is 21.5 Å². The van der Waals surface area contributed by atoms with Crippen molar-refractivity contribution in [2.75, 3.05) is 52.4 Å². The molecule has 6 aromatic rings. The highest BCUT2D eigenvalue weighted by Gasteiger charge is 2.20.